The molecule has 0 spiro atoms. The number of carbonyl (C=O) groups excluding carboxylic acids is 2. The SMILES string of the molecule is COC(=O)[C@H](Cc1c[nH]c2ccccc12)NC(=O)CCS.NCc1ccc(F)cc1. The van der Waals surface area contributed by atoms with Crippen molar-refractivity contribution < 1.29 is 18.7 Å². The lowest BCUT2D eigenvalue weighted by atomic mass is 10.0. The van der Waals surface area contributed by atoms with Crippen LogP contribution < -0.4 is 11.1 Å². The maximum Gasteiger partial charge on any atom is 0.328 e. The van der Waals surface area contributed by atoms with Crippen molar-refractivity contribution in [3.8, 4) is 0 Å². The molecule has 0 aliphatic carbocycles. The molecule has 6 nitrogen and oxygen atoms in total. The zero-order valence-corrected chi connectivity index (χ0v) is 17.6. The van der Waals surface area contributed by atoms with Crippen molar-refractivity contribution in [1.29, 1.82) is 0 Å². The Morgan fingerprint density at radius 2 is 1.90 bits per heavy atom. The molecule has 8 heteroatoms. The molecule has 1 aromatic heterocycles. The lowest BCUT2D eigenvalue weighted by Crippen LogP contribution is -2.43. The lowest BCUT2D eigenvalue weighted by molar-refractivity contribution is -0.145. The Bertz CT molecular complexity index is 960. The summed E-state index contributed by atoms with van der Waals surface area (Å²) in [6, 6.07) is 13.3. The molecule has 0 aliphatic rings. The average molecular weight is 432 g/mol. The van der Waals surface area contributed by atoms with Crippen LogP contribution >= 0.6 is 12.6 Å². The van der Waals surface area contributed by atoms with Gasteiger partial charge in [0.05, 0.1) is 7.11 Å². The summed E-state index contributed by atoms with van der Waals surface area (Å²) in [6.07, 6.45) is 2.50. The summed E-state index contributed by atoms with van der Waals surface area (Å²) in [4.78, 5) is 26.7. The number of thiol groups is 1. The normalized spacial score (nSPS) is 11.3. The van der Waals surface area contributed by atoms with E-state index in [2.05, 4.69) is 22.9 Å². The molecule has 0 bridgehead atoms. The van der Waals surface area contributed by atoms with Crippen molar-refractivity contribution >= 4 is 35.4 Å². The van der Waals surface area contributed by atoms with Crippen LogP contribution in [0.15, 0.2) is 54.7 Å². The molecule has 3 aromatic rings. The number of halogens is 1. The number of para-hydroxylation sites is 1. The molecule has 4 N–H and O–H groups in total. The van der Waals surface area contributed by atoms with E-state index in [0.717, 1.165) is 22.0 Å². The Balaban J connectivity index is 0.000000297. The van der Waals surface area contributed by atoms with Crippen molar-refractivity contribution in [2.45, 2.75) is 25.4 Å². The summed E-state index contributed by atoms with van der Waals surface area (Å²) in [5.74, 6) is -0.437. The molecule has 1 heterocycles. The van der Waals surface area contributed by atoms with Crippen molar-refractivity contribution in [3.63, 3.8) is 0 Å². The number of benzene rings is 2. The van der Waals surface area contributed by atoms with Gasteiger partial charge in [0.15, 0.2) is 0 Å². The van der Waals surface area contributed by atoms with Crippen molar-refractivity contribution in [2.75, 3.05) is 12.9 Å². The highest BCUT2D eigenvalue weighted by molar-refractivity contribution is 7.80. The third-order valence-corrected chi connectivity index (χ3v) is 4.63. The smallest absolute Gasteiger partial charge is 0.328 e. The summed E-state index contributed by atoms with van der Waals surface area (Å²) >= 11 is 4.01. The number of aromatic amines is 1. The molecule has 3 rings (SSSR count). The topological polar surface area (TPSA) is 97.2 Å². The molecule has 160 valence electrons. The molecule has 0 saturated carbocycles. The van der Waals surface area contributed by atoms with E-state index in [9.17, 15) is 14.0 Å². The van der Waals surface area contributed by atoms with E-state index in [1.807, 2.05) is 30.5 Å². The fourth-order valence-electron chi connectivity index (χ4n) is 2.84. The van der Waals surface area contributed by atoms with E-state index >= 15 is 0 Å². The zero-order chi connectivity index (χ0) is 21.9. The first-order valence-corrected chi connectivity index (χ1v) is 10.1. The first-order chi connectivity index (χ1) is 14.5. The van der Waals surface area contributed by atoms with Crippen LogP contribution in [0.4, 0.5) is 4.39 Å². The number of aromatic nitrogens is 1. The Morgan fingerprint density at radius 1 is 1.20 bits per heavy atom. The van der Waals surface area contributed by atoms with Crippen LogP contribution in [-0.2, 0) is 27.3 Å². The molecule has 0 saturated heterocycles. The summed E-state index contributed by atoms with van der Waals surface area (Å²) in [6.45, 7) is 0.472. The molecule has 2 aromatic carbocycles. The first kappa shape index (κ1) is 23.4. The molecule has 1 amide bonds. The van der Waals surface area contributed by atoms with E-state index in [4.69, 9.17) is 10.5 Å². The third-order valence-electron chi connectivity index (χ3n) is 4.41. The van der Waals surface area contributed by atoms with E-state index in [-0.39, 0.29) is 18.1 Å². The summed E-state index contributed by atoms with van der Waals surface area (Å²) < 4.78 is 17.0. The Labute approximate surface area is 180 Å². The van der Waals surface area contributed by atoms with Crippen molar-refractivity contribution in [3.05, 3.63) is 71.7 Å². The van der Waals surface area contributed by atoms with E-state index in [1.165, 1.54) is 19.2 Å². The minimum absolute atomic E-state index is 0.208. The van der Waals surface area contributed by atoms with Crippen LogP contribution in [0.3, 0.4) is 0 Å². The van der Waals surface area contributed by atoms with Gasteiger partial charge < -0.3 is 20.8 Å². The number of esters is 1. The predicted octanol–water partition coefficient (Wildman–Crippen LogP) is 2.97. The van der Waals surface area contributed by atoms with E-state index < -0.39 is 12.0 Å². The van der Waals surface area contributed by atoms with Gasteiger partial charge in [-0.2, -0.15) is 12.6 Å². The predicted molar refractivity (Wildman–Crippen MR) is 119 cm³/mol. The van der Waals surface area contributed by atoms with Gasteiger partial charge in [-0.1, -0.05) is 30.3 Å². The highest BCUT2D eigenvalue weighted by Gasteiger charge is 2.22. The highest BCUT2D eigenvalue weighted by atomic mass is 32.1. The standard InChI is InChI=1S/C15H18N2O3S.C7H8FN/c1-20-15(19)13(17-14(18)6-7-21)8-10-9-16-12-5-3-2-4-11(10)12;8-7-3-1-6(5-9)2-4-7/h2-5,9,13,16,21H,6-8H2,1H3,(H,17,18);1-4H,5,9H2/t13-;/m0./s1. The number of methoxy groups -OCH3 is 1. The molecule has 0 unspecified atom stereocenters. The molecular formula is C22H26FN3O3S. The van der Waals surface area contributed by atoms with Crippen molar-refractivity contribution in [1.82, 2.24) is 10.3 Å². The molecule has 0 radical (unpaired) electrons. The zero-order valence-electron chi connectivity index (χ0n) is 16.7. The van der Waals surface area contributed by atoms with Crippen LogP contribution in [-0.4, -0.2) is 35.8 Å². The first-order valence-electron chi connectivity index (χ1n) is 9.46. The number of ether oxygens (including phenoxy) is 1. The second-order valence-corrected chi connectivity index (χ2v) is 6.96. The van der Waals surface area contributed by atoms with Gasteiger partial charge >= 0.3 is 5.97 Å². The van der Waals surface area contributed by atoms with Crippen molar-refractivity contribution in [2.24, 2.45) is 5.73 Å². The Morgan fingerprint density at radius 3 is 2.53 bits per heavy atom. The maximum atomic E-state index is 12.2. The number of fused-ring (bicyclic) bond motifs is 1. The fourth-order valence-corrected chi connectivity index (χ4v) is 3.05. The monoisotopic (exact) mass is 431 g/mol. The van der Waals surface area contributed by atoms with Gasteiger partial charge in [-0.25, -0.2) is 9.18 Å². The van der Waals surface area contributed by atoms with Gasteiger partial charge in [-0.05, 0) is 35.1 Å². The summed E-state index contributed by atoms with van der Waals surface area (Å²) in [5, 5.41) is 3.73. The van der Waals surface area contributed by atoms with Crippen LogP contribution in [0.1, 0.15) is 17.5 Å². The Hall–Kier alpha value is -2.84. The fraction of sp³-hybridized carbons (Fsp3) is 0.273. The molecule has 1 atom stereocenters. The van der Waals surface area contributed by atoms with Gasteiger partial charge in [0.2, 0.25) is 5.91 Å². The van der Waals surface area contributed by atoms with Crippen LogP contribution in [0.25, 0.3) is 10.9 Å². The highest BCUT2D eigenvalue weighted by Crippen LogP contribution is 2.19. The number of carbonyl (C=O) groups is 2. The molecule has 0 aliphatic heterocycles. The quantitative estimate of drug-likeness (QED) is 0.342. The lowest BCUT2D eigenvalue weighted by Gasteiger charge is -2.16. The third kappa shape index (κ3) is 6.89. The summed E-state index contributed by atoms with van der Waals surface area (Å²) in [7, 11) is 1.31. The van der Waals surface area contributed by atoms with Gasteiger partial charge in [0, 0.05) is 36.5 Å². The average Bonchev–Trinajstić information content (AvgIpc) is 3.17. The largest absolute Gasteiger partial charge is 0.467 e. The van der Waals surface area contributed by atoms with Gasteiger partial charge in [-0.15, -0.1) is 0 Å². The van der Waals surface area contributed by atoms with E-state index in [1.54, 1.807) is 12.1 Å². The number of hydrogen-bond acceptors (Lipinski definition) is 5. The molecule has 30 heavy (non-hydrogen) atoms. The number of amides is 1. The number of nitrogens with one attached hydrogen (secondary N) is 2. The number of nitrogens with two attached hydrogens (primary N) is 1. The minimum Gasteiger partial charge on any atom is -0.467 e. The molecule has 0 fully saturated rings. The number of rotatable bonds is 7. The molecular weight excluding hydrogens is 405 g/mol. The number of H-pyrrole nitrogens is 1. The maximum absolute atomic E-state index is 12.2. The van der Waals surface area contributed by atoms with Gasteiger partial charge in [0.1, 0.15) is 11.9 Å². The van der Waals surface area contributed by atoms with Gasteiger partial charge in [0.25, 0.3) is 0 Å². The number of hydrogen-bond donors (Lipinski definition) is 4. The van der Waals surface area contributed by atoms with E-state index in [0.29, 0.717) is 18.7 Å². The second-order valence-electron chi connectivity index (χ2n) is 6.51. The summed E-state index contributed by atoms with van der Waals surface area (Å²) in [5.41, 5.74) is 8.20. The van der Waals surface area contributed by atoms with Crippen LogP contribution in [0, 0.1) is 5.82 Å². The second kappa shape index (κ2) is 12.0. The van der Waals surface area contributed by atoms with Gasteiger partial charge in [-0.3, -0.25) is 4.79 Å². The Kier molecular flexibility index (Phi) is 9.37. The van der Waals surface area contributed by atoms with Crippen LogP contribution in [0.2, 0.25) is 0 Å². The minimum atomic E-state index is -0.693. The van der Waals surface area contributed by atoms with Crippen LogP contribution in [0.5, 0.6) is 0 Å².